The Kier molecular flexibility index (Phi) is 5.96. The molecule has 2 fully saturated rings. The molecule has 3 heterocycles. The van der Waals surface area contributed by atoms with Crippen LogP contribution in [-0.4, -0.2) is 57.8 Å². The van der Waals surface area contributed by atoms with E-state index in [1.165, 1.54) is 9.80 Å². The normalized spacial score (nSPS) is 21.4. The lowest BCUT2D eigenvalue weighted by molar-refractivity contribution is -0.138. The molecule has 1 aromatic carbocycles. The lowest BCUT2D eigenvalue weighted by atomic mass is 9.93. The fourth-order valence-electron chi connectivity index (χ4n) is 3.91. The number of imide groups is 1. The molecule has 0 radical (unpaired) electrons. The molecule has 4 rings (SSSR count). The highest BCUT2D eigenvalue weighted by molar-refractivity contribution is 6.30. The van der Waals surface area contributed by atoms with Crippen molar-refractivity contribution in [3.63, 3.8) is 0 Å². The van der Waals surface area contributed by atoms with Crippen LogP contribution in [0, 0.1) is 0 Å². The number of hydrogen-bond donors (Lipinski definition) is 2. The number of carbonyl (C=O) groups is 3. The minimum Gasteiger partial charge on any atom is -0.325 e. The molecule has 8 nitrogen and oxygen atoms in total. The Morgan fingerprint density at radius 2 is 1.90 bits per heavy atom. The summed E-state index contributed by atoms with van der Waals surface area (Å²) in [5, 5.41) is 6.58. The van der Waals surface area contributed by atoms with E-state index in [0.717, 1.165) is 12.0 Å². The molecule has 30 heavy (non-hydrogen) atoms. The first-order valence-electron chi connectivity index (χ1n) is 9.82. The molecule has 0 aliphatic carbocycles. The van der Waals surface area contributed by atoms with Gasteiger partial charge in [0, 0.05) is 23.1 Å². The van der Waals surface area contributed by atoms with Crippen molar-refractivity contribution < 1.29 is 14.4 Å². The van der Waals surface area contributed by atoms with E-state index in [4.69, 9.17) is 11.6 Å². The predicted octanol–water partition coefficient (Wildman–Crippen LogP) is 2.26. The van der Waals surface area contributed by atoms with Crippen molar-refractivity contribution in [3.8, 4) is 0 Å². The zero-order valence-electron chi connectivity index (χ0n) is 16.3. The Morgan fingerprint density at radius 3 is 2.63 bits per heavy atom. The molecular formula is C21H22ClN5O3. The average molecular weight is 428 g/mol. The van der Waals surface area contributed by atoms with Gasteiger partial charge in [0.15, 0.2) is 0 Å². The van der Waals surface area contributed by atoms with Gasteiger partial charge in [0.2, 0.25) is 11.8 Å². The number of hydrogen-bond acceptors (Lipinski definition) is 5. The summed E-state index contributed by atoms with van der Waals surface area (Å²) in [5.74, 6) is -0.580. The van der Waals surface area contributed by atoms with Crippen molar-refractivity contribution in [1.82, 2.24) is 20.1 Å². The number of piperidine rings is 1. The summed E-state index contributed by atoms with van der Waals surface area (Å²) in [4.78, 5) is 45.6. The minimum absolute atomic E-state index is 0.134. The van der Waals surface area contributed by atoms with Crippen molar-refractivity contribution >= 4 is 35.1 Å². The largest absolute Gasteiger partial charge is 0.327 e. The maximum Gasteiger partial charge on any atom is 0.327 e. The molecule has 2 N–H and O–H groups in total. The molecule has 2 aliphatic heterocycles. The standard InChI is InChI=1S/C21H22ClN5O3/c22-15-3-5-16(6-4-15)25-18(28)13-26-17-2-1-9-24-19(17)20(29)27(21(26)30)12-14-7-10-23-11-8-14/h3-8,10-11,17,19,24H,1-2,9,12-13H2,(H,25,28). The Labute approximate surface area is 179 Å². The third kappa shape index (κ3) is 4.29. The first-order chi connectivity index (χ1) is 14.5. The molecule has 0 saturated carbocycles. The van der Waals surface area contributed by atoms with Crippen molar-refractivity contribution in [2.75, 3.05) is 18.4 Å². The van der Waals surface area contributed by atoms with Crippen LogP contribution >= 0.6 is 11.6 Å². The fourth-order valence-corrected chi connectivity index (χ4v) is 4.03. The van der Waals surface area contributed by atoms with Gasteiger partial charge in [-0.25, -0.2) is 4.79 Å². The topological polar surface area (TPSA) is 94.6 Å². The third-order valence-electron chi connectivity index (χ3n) is 5.37. The number of halogens is 1. The molecule has 0 spiro atoms. The quantitative estimate of drug-likeness (QED) is 0.763. The number of anilines is 1. The van der Waals surface area contributed by atoms with Gasteiger partial charge in [-0.05, 0) is 61.3 Å². The van der Waals surface area contributed by atoms with E-state index in [2.05, 4.69) is 15.6 Å². The van der Waals surface area contributed by atoms with Crippen LogP contribution in [0.15, 0.2) is 48.8 Å². The minimum atomic E-state index is -0.512. The van der Waals surface area contributed by atoms with Gasteiger partial charge in [0.25, 0.3) is 0 Å². The summed E-state index contributed by atoms with van der Waals surface area (Å²) < 4.78 is 0. The van der Waals surface area contributed by atoms with Crippen LogP contribution in [0.3, 0.4) is 0 Å². The zero-order valence-corrected chi connectivity index (χ0v) is 17.0. The van der Waals surface area contributed by atoms with Crippen LogP contribution in [-0.2, 0) is 16.1 Å². The number of rotatable bonds is 5. The monoisotopic (exact) mass is 427 g/mol. The van der Waals surface area contributed by atoms with E-state index in [9.17, 15) is 14.4 Å². The summed E-state index contributed by atoms with van der Waals surface area (Å²) in [6.07, 6.45) is 4.74. The number of carbonyl (C=O) groups excluding carboxylic acids is 3. The van der Waals surface area contributed by atoms with Gasteiger partial charge in [-0.3, -0.25) is 19.5 Å². The van der Waals surface area contributed by atoms with Crippen LogP contribution in [0.5, 0.6) is 0 Å². The molecule has 1 aromatic heterocycles. The summed E-state index contributed by atoms with van der Waals surface area (Å²) in [5.41, 5.74) is 1.39. The molecule has 2 saturated heterocycles. The number of nitrogens with zero attached hydrogens (tertiary/aromatic N) is 3. The van der Waals surface area contributed by atoms with E-state index < -0.39 is 12.1 Å². The lowest BCUT2D eigenvalue weighted by Crippen LogP contribution is -2.70. The molecule has 0 bridgehead atoms. The van der Waals surface area contributed by atoms with Crippen molar-refractivity contribution in [3.05, 3.63) is 59.4 Å². The molecule has 2 aliphatic rings. The van der Waals surface area contributed by atoms with Gasteiger partial charge >= 0.3 is 6.03 Å². The second-order valence-corrected chi connectivity index (χ2v) is 7.82. The van der Waals surface area contributed by atoms with Gasteiger partial charge in [-0.15, -0.1) is 0 Å². The summed E-state index contributed by atoms with van der Waals surface area (Å²) in [7, 11) is 0. The van der Waals surface area contributed by atoms with Crippen LogP contribution < -0.4 is 10.6 Å². The Bertz CT molecular complexity index is 937. The second-order valence-electron chi connectivity index (χ2n) is 7.39. The zero-order chi connectivity index (χ0) is 21.1. The Hall–Kier alpha value is -2.97. The summed E-state index contributed by atoms with van der Waals surface area (Å²) in [6.45, 7) is 0.708. The van der Waals surface area contributed by atoms with Gasteiger partial charge in [-0.1, -0.05) is 11.6 Å². The average Bonchev–Trinajstić information content (AvgIpc) is 2.76. The lowest BCUT2D eigenvalue weighted by Gasteiger charge is -2.46. The molecule has 2 unspecified atom stereocenters. The predicted molar refractivity (Wildman–Crippen MR) is 112 cm³/mol. The maximum atomic E-state index is 13.2. The maximum absolute atomic E-state index is 13.2. The van der Waals surface area contributed by atoms with Crippen LogP contribution in [0.25, 0.3) is 0 Å². The van der Waals surface area contributed by atoms with Gasteiger partial charge < -0.3 is 15.5 Å². The molecule has 9 heteroatoms. The van der Waals surface area contributed by atoms with E-state index in [1.54, 1.807) is 48.8 Å². The van der Waals surface area contributed by atoms with Gasteiger partial charge in [0.05, 0.1) is 12.6 Å². The van der Waals surface area contributed by atoms with Crippen molar-refractivity contribution in [2.45, 2.75) is 31.5 Å². The van der Waals surface area contributed by atoms with E-state index in [-0.39, 0.29) is 30.9 Å². The highest BCUT2D eigenvalue weighted by Crippen LogP contribution is 2.26. The number of nitrogens with one attached hydrogen (secondary N) is 2. The first kappa shape index (κ1) is 20.3. The summed E-state index contributed by atoms with van der Waals surface area (Å²) in [6, 6.07) is 8.97. The van der Waals surface area contributed by atoms with Crippen molar-refractivity contribution in [2.24, 2.45) is 0 Å². The van der Waals surface area contributed by atoms with Crippen molar-refractivity contribution in [1.29, 1.82) is 0 Å². The van der Waals surface area contributed by atoms with Crippen LogP contribution in [0.4, 0.5) is 10.5 Å². The fraction of sp³-hybridized carbons (Fsp3) is 0.333. The number of fused-ring (bicyclic) bond motifs is 1. The Balaban J connectivity index is 1.53. The molecule has 4 amide bonds. The van der Waals surface area contributed by atoms with Crippen LogP contribution in [0.1, 0.15) is 18.4 Å². The molecule has 2 aromatic rings. The van der Waals surface area contributed by atoms with Crippen LogP contribution in [0.2, 0.25) is 5.02 Å². The smallest absolute Gasteiger partial charge is 0.325 e. The summed E-state index contributed by atoms with van der Waals surface area (Å²) >= 11 is 5.88. The second kappa shape index (κ2) is 8.81. The highest BCUT2D eigenvalue weighted by atomic mass is 35.5. The van der Waals surface area contributed by atoms with E-state index in [1.807, 2.05) is 0 Å². The molecular weight excluding hydrogens is 406 g/mol. The number of benzene rings is 1. The number of aromatic nitrogens is 1. The van der Waals surface area contributed by atoms with E-state index >= 15 is 0 Å². The SMILES string of the molecule is O=C(CN1C(=O)N(Cc2ccncc2)C(=O)C2NCCCC21)Nc1ccc(Cl)cc1. The molecule has 2 atom stereocenters. The number of pyridine rings is 1. The Morgan fingerprint density at radius 1 is 1.17 bits per heavy atom. The third-order valence-corrected chi connectivity index (χ3v) is 5.62. The first-order valence-corrected chi connectivity index (χ1v) is 10.2. The number of amides is 4. The highest BCUT2D eigenvalue weighted by Gasteiger charge is 2.47. The molecule has 156 valence electrons. The van der Waals surface area contributed by atoms with Gasteiger partial charge in [0.1, 0.15) is 12.6 Å². The van der Waals surface area contributed by atoms with Gasteiger partial charge in [-0.2, -0.15) is 0 Å². The number of urea groups is 1. The van der Waals surface area contributed by atoms with E-state index in [0.29, 0.717) is 23.7 Å².